The normalized spacial score (nSPS) is 27.9. The van der Waals surface area contributed by atoms with Gasteiger partial charge < -0.3 is 40.3 Å². The topological polar surface area (TPSA) is 299 Å². The molecule has 0 amide bonds. The van der Waals surface area contributed by atoms with Gasteiger partial charge >= 0.3 is 23.5 Å². The Balaban J connectivity index is 1.95. The lowest BCUT2D eigenvalue weighted by Crippen LogP contribution is -2.35. The molecule has 0 saturated carbocycles. The fourth-order valence-corrected chi connectivity index (χ4v) is 5.99. The molecule has 2 aromatic rings. The Morgan fingerprint density at radius 3 is 2.44 bits per heavy atom. The van der Waals surface area contributed by atoms with Gasteiger partial charge in [-0.05, 0) is 0 Å². The Labute approximate surface area is 175 Å². The molecule has 1 saturated heterocycles. The van der Waals surface area contributed by atoms with Gasteiger partial charge in [-0.1, -0.05) is 0 Å². The summed E-state index contributed by atoms with van der Waals surface area (Å²) < 4.78 is 52.7. The first-order valence-corrected chi connectivity index (χ1v) is 12.6. The Bertz CT molecular complexity index is 1210. The molecule has 3 heterocycles. The van der Waals surface area contributed by atoms with Crippen LogP contribution >= 0.6 is 23.5 Å². The first-order chi connectivity index (χ1) is 14.6. The van der Waals surface area contributed by atoms with Crippen LogP contribution in [0.2, 0.25) is 0 Å². The van der Waals surface area contributed by atoms with Gasteiger partial charge in [-0.3, -0.25) is 18.9 Å². The second-order valence-corrected chi connectivity index (χ2v) is 10.5. The summed E-state index contributed by atoms with van der Waals surface area (Å²) in [6.07, 6.45) is -5.86. The molecule has 0 spiro atoms. The van der Waals surface area contributed by atoms with Crippen molar-refractivity contribution in [2.75, 3.05) is 12.3 Å². The quantitative estimate of drug-likeness (QED) is 0.168. The van der Waals surface area contributed by atoms with Gasteiger partial charge in [0.25, 0.3) is 5.56 Å². The molecule has 1 aliphatic heterocycles. The maximum atomic E-state index is 12.2. The van der Waals surface area contributed by atoms with E-state index in [-0.39, 0.29) is 17.1 Å². The van der Waals surface area contributed by atoms with Crippen LogP contribution in [0.15, 0.2) is 11.1 Å². The average molecular weight is 523 g/mol. The minimum Gasteiger partial charge on any atom is -0.394 e. The number of hydrogen-bond donors (Lipinski definition) is 8. The molecule has 3 rings (SSSR count). The Hall–Kier alpha value is -1.56. The summed E-state index contributed by atoms with van der Waals surface area (Å²) >= 11 is 0. The lowest BCUT2D eigenvalue weighted by atomic mass is 10.1. The van der Waals surface area contributed by atoms with Gasteiger partial charge in [0.1, 0.15) is 18.3 Å². The standard InChI is InChI=1S/C10H16N5O14P3/c11-10-13-7-4(8(18)14-10)12-2-15(7)9-6(5(17)3(1-16)26-9)27-31(22,23)29-32(24,25)28-30(19,20)21/h2-3,5-6,9,16-17H,1H2,(H,22,23)(H,24,25)(H2,19,20,21)(H3,11,13,14,18)/t3-,5-,6+,9-/m1/s1. The first kappa shape index (κ1) is 25.1. The lowest BCUT2D eigenvalue weighted by molar-refractivity contribution is -0.0505. The number of nitrogens with one attached hydrogen (secondary N) is 1. The summed E-state index contributed by atoms with van der Waals surface area (Å²) in [4.78, 5) is 58.0. The molecule has 9 N–H and O–H groups in total. The summed E-state index contributed by atoms with van der Waals surface area (Å²) in [5.41, 5.74) is 4.25. The maximum absolute atomic E-state index is 12.2. The van der Waals surface area contributed by atoms with Gasteiger partial charge in [-0.2, -0.15) is 13.6 Å². The zero-order valence-corrected chi connectivity index (χ0v) is 18.0. The van der Waals surface area contributed by atoms with Gasteiger partial charge in [0.2, 0.25) is 5.95 Å². The van der Waals surface area contributed by atoms with Crippen LogP contribution in [-0.2, 0) is 31.6 Å². The number of anilines is 1. The van der Waals surface area contributed by atoms with Crippen LogP contribution < -0.4 is 11.3 Å². The molecule has 0 bridgehead atoms. The van der Waals surface area contributed by atoms with Gasteiger partial charge in [-0.15, -0.1) is 0 Å². The van der Waals surface area contributed by atoms with Gasteiger partial charge in [0.15, 0.2) is 17.4 Å². The van der Waals surface area contributed by atoms with Crippen molar-refractivity contribution in [3.63, 3.8) is 0 Å². The van der Waals surface area contributed by atoms with Gasteiger partial charge in [0, 0.05) is 0 Å². The average Bonchev–Trinajstić information content (AvgIpc) is 3.13. The Morgan fingerprint density at radius 2 is 1.84 bits per heavy atom. The third-order valence-electron chi connectivity index (χ3n) is 3.89. The van der Waals surface area contributed by atoms with Crippen LogP contribution in [-0.4, -0.2) is 74.2 Å². The number of aromatic amines is 1. The highest BCUT2D eigenvalue weighted by molar-refractivity contribution is 7.66. The molecule has 0 radical (unpaired) electrons. The lowest BCUT2D eigenvalue weighted by Gasteiger charge is -2.24. The number of phosphoric ester groups is 1. The number of hydrogen-bond acceptors (Lipinski definition) is 13. The number of aromatic nitrogens is 4. The number of fused-ring (bicyclic) bond motifs is 1. The summed E-state index contributed by atoms with van der Waals surface area (Å²) in [7, 11) is -17.1. The van der Waals surface area contributed by atoms with Crippen molar-refractivity contribution in [1.29, 1.82) is 0 Å². The van der Waals surface area contributed by atoms with Crippen molar-refractivity contribution >= 4 is 40.6 Å². The van der Waals surface area contributed by atoms with E-state index >= 15 is 0 Å². The van der Waals surface area contributed by atoms with E-state index in [1.165, 1.54) is 0 Å². The molecule has 1 fully saturated rings. The molecule has 2 unspecified atom stereocenters. The van der Waals surface area contributed by atoms with E-state index in [0.717, 1.165) is 10.9 Å². The highest BCUT2D eigenvalue weighted by atomic mass is 31.3. The predicted octanol–water partition coefficient (Wildman–Crippen LogP) is -2.34. The summed E-state index contributed by atoms with van der Waals surface area (Å²) in [6, 6.07) is 0. The highest BCUT2D eigenvalue weighted by Crippen LogP contribution is 2.67. The molecule has 22 heteroatoms. The van der Waals surface area contributed by atoms with Crippen molar-refractivity contribution in [2.24, 2.45) is 0 Å². The third kappa shape index (κ3) is 5.49. The Kier molecular flexibility index (Phi) is 6.78. The SMILES string of the molecule is Nc1nc2c(ncn2[C@@H]2O[C@H](CO)[C@@H](O)[C@@H]2OP(=O)(O)OP(=O)(O)OP(=O)(O)O)c(=O)[nH]1. The number of imidazole rings is 1. The number of ether oxygens (including phenoxy) is 1. The van der Waals surface area contributed by atoms with Crippen LogP contribution in [0.4, 0.5) is 5.95 Å². The molecule has 2 aromatic heterocycles. The van der Waals surface area contributed by atoms with Crippen LogP contribution in [0.25, 0.3) is 11.2 Å². The van der Waals surface area contributed by atoms with E-state index in [9.17, 15) is 38.5 Å². The van der Waals surface area contributed by atoms with E-state index in [2.05, 4.69) is 28.1 Å². The number of nitrogens with two attached hydrogens (primary N) is 1. The zero-order valence-electron chi connectivity index (χ0n) is 15.3. The van der Waals surface area contributed by atoms with E-state index in [0.29, 0.717) is 0 Å². The van der Waals surface area contributed by atoms with E-state index < -0.39 is 60.2 Å². The highest BCUT2D eigenvalue weighted by Gasteiger charge is 2.51. The number of nitrogen functional groups attached to an aromatic ring is 1. The molecule has 6 atom stereocenters. The third-order valence-corrected chi connectivity index (χ3v) is 7.73. The summed E-state index contributed by atoms with van der Waals surface area (Å²) in [5, 5.41) is 19.7. The number of H-pyrrole nitrogens is 1. The monoisotopic (exact) mass is 523 g/mol. The zero-order chi connectivity index (χ0) is 24.1. The van der Waals surface area contributed by atoms with Crippen molar-refractivity contribution in [2.45, 2.75) is 24.5 Å². The molecule has 0 aromatic carbocycles. The summed E-state index contributed by atoms with van der Waals surface area (Å²) in [6.45, 7) is -0.823. The molecule has 180 valence electrons. The van der Waals surface area contributed by atoms with Gasteiger partial charge in [-0.25, -0.2) is 18.7 Å². The van der Waals surface area contributed by atoms with E-state index in [4.69, 9.17) is 20.3 Å². The minimum atomic E-state index is -5.83. The second-order valence-electron chi connectivity index (χ2n) is 6.17. The minimum absolute atomic E-state index is 0.220. The largest absolute Gasteiger partial charge is 0.490 e. The number of nitrogens with zero attached hydrogens (tertiary/aromatic N) is 3. The molecular weight excluding hydrogens is 507 g/mol. The maximum Gasteiger partial charge on any atom is 0.490 e. The first-order valence-electron chi connectivity index (χ1n) is 8.11. The van der Waals surface area contributed by atoms with Gasteiger partial charge in [0.05, 0.1) is 12.9 Å². The van der Waals surface area contributed by atoms with E-state index in [1.807, 2.05) is 0 Å². The number of aliphatic hydroxyl groups excluding tert-OH is 2. The Morgan fingerprint density at radius 1 is 1.19 bits per heavy atom. The van der Waals surface area contributed by atoms with Crippen LogP contribution in [0, 0.1) is 0 Å². The van der Waals surface area contributed by atoms with Crippen molar-refractivity contribution in [3.8, 4) is 0 Å². The molecule has 19 nitrogen and oxygen atoms in total. The number of phosphoric acid groups is 3. The molecular formula is C10H16N5O14P3. The molecule has 32 heavy (non-hydrogen) atoms. The smallest absolute Gasteiger partial charge is 0.394 e. The van der Waals surface area contributed by atoms with Crippen molar-refractivity contribution in [1.82, 2.24) is 19.5 Å². The number of aliphatic hydroxyl groups is 2. The van der Waals surface area contributed by atoms with Crippen molar-refractivity contribution in [3.05, 3.63) is 16.7 Å². The second kappa shape index (κ2) is 8.66. The molecule has 0 aliphatic carbocycles. The molecule has 1 aliphatic rings. The van der Waals surface area contributed by atoms with Crippen LogP contribution in [0.3, 0.4) is 0 Å². The van der Waals surface area contributed by atoms with Crippen LogP contribution in [0.1, 0.15) is 6.23 Å². The fourth-order valence-electron chi connectivity index (χ4n) is 2.79. The number of rotatable bonds is 8. The predicted molar refractivity (Wildman–Crippen MR) is 98.3 cm³/mol. The van der Waals surface area contributed by atoms with Crippen LogP contribution in [0.5, 0.6) is 0 Å². The fraction of sp³-hybridized carbons (Fsp3) is 0.500. The van der Waals surface area contributed by atoms with Crippen molar-refractivity contribution < 1.29 is 61.4 Å². The summed E-state index contributed by atoms with van der Waals surface area (Å²) in [5.74, 6) is -0.342. The van der Waals surface area contributed by atoms with E-state index in [1.54, 1.807) is 0 Å².